The molecule has 0 saturated heterocycles. The van der Waals surface area contributed by atoms with Gasteiger partial charge in [0.2, 0.25) is 0 Å². The Morgan fingerprint density at radius 2 is 2.38 bits per heavy atom. The summed E-state index contributed by atoms with van der Waals surface area (Å²) in [6.07, 6.45) is 14.3. The van der Waals surface area contributed by atoms with Crippen molar-refractivity contribution in [3.63, 3.8) is 0 Å². The number of thiazole rings is 1. The van der Waals surface area contributed by atoms with Crippen LogP contribution in [0.4, 0.5) is 0 Å². The molecule has 1 aliphatic carbocycles. The molecule has 0 atom stereocenters. The van der Waals surface area contributed by atoms with E-state index in [0.717, 1.165) is 17.7 Å². The third-order valence-corrected chi connectivity index (χ3v) is 4.22. The van der Waals surface area contributed by atoms with Crippen LogP contribution in [0.3, 0.4) is 0 Å². The van der Waals surface area contributed by atoms with E-state index in [-0.39, 0.29) is 11.3 Å². The number of nitrogens with zero attached hydrogens (tertiary/aromatic N) is 2. The number of aliphatic hydroxyl groups excluding tert-OH is 1. The summed E-state index contributed by atoms with van der Waals surface area (Å²) < 4.78 is 0. The Kier molecular flexibility index (Phi) is 6.50. The molecule has 2 N–H and O–H groups in total. The molecule has 0 fully saturated rings. The maximum Gasteiger partial charge on any atom is 0.143 e. The first-order valence-corrected chi connectivity index (χ1v) is 8.39. The number of hydrogen-bond acceptors (Lipinski definition) is 5. The first-order chi connectivity index (χ1) is 11.7. The van der Waals surface area contributed by atoms with Crippen LogP contribution >= 0.6 is 11.3 Å². The lowest BCUT2D eigenvalue weighted by molar-refractivity contribution is 0.429. The first-order valence-electron chi connectivity index (χ1n) is 7.51. The van der Waals surface area contributed by atoms with Crippen LogP contribution in [0.5, 0.6) is 0 Å². The number of hydrogen-bond donors (Lipinski definition) is 2. The second-order valence-corrected chi connectivity index (χ2v) is 5.84. The Morgan fingerprint density at radius 1 is 1.54 bits per heavy atom. The van der Waals surface area contributed by atoms with Gasteiger partial charge in [0.15, 0.2) is 0 Å². The monoisotopic (exact) mass is 337 g/mol. The highest BCUT2D eigenvalue weighted by molar-refractivity contribution is 7.11. The summed E-state index contributed by atoms with van der Waals surface area (Å²) in [5, 5.41) is 25.2. The molecule has 0 radical (unpaired) electrons. The van der Waals surface area contributed by atoms with E-state index in [4.69, 9.17) is 0 Å². The normalized spacial score (nSPS) is 15.3. The van der Waals surface area contributed by atoms with E-state index in [2.05, 4.69) is 35.1 Å². The molecule has 0 aromatic carbocycles. The van der Waals surface area contributed by atoms with Crippen molar-refractivity contribution in [1.29, 1.82) is 5.26 Å². The van der Waals surface area contributed by atoms with Gasteiger partial charge in [0, 0.05) is 23.1 Å². The zero-order valence-electron chi connectivity index (χ0n) is 13.5. The molecular weight excluding hydrogens is 318 g/mol. The van der Waals surface area contributed by atoms with Crippen LogP contribution in [-0.4, -0.2) is 23.7 Å². The van der Waals surface area contributed by atoms with Crippen molar-refractivity contribution in [2.24, 2.45) is 0 Å². The van der Waals surface area contributed by atoms with Crippen LogP contribution in [0.15, 0.2) is 65.8 Å². The Labute approximate surface area is 146 Å². The molecule has 122 valence electrons. The molecular formula is C19H19N3OS. The highest BCUT2D eigenvalue weighted by atomic mass is 32.1. The summed E-state index contributed by atoms with van der Waals surface area (Å²) in [6.45, 7) is 4.26. The zero-order valence-corrected chi connectivity index (χ0v) is 14.3. The van der Waals surface area contributed by atoms with Gasteiger partial charge >= 0.3 is 0 Å². The van der Waals surface area contributed by atoms with Crippen molar-refractivity contribution in [3.05, 3.63) is 76.5 Å². The first kappa shape index (κ1) is 17.7. The summed E-state index contributed by atoms with van der Waals surface area (Å²) in [6, 6.07) is 2.06. The maximum atomic E-state index is 10.4. The van der Waals surface area contributed by atoms with E-state index in [1.165, 1.54) is 17.4 Å². The van der Waals surface area contributed by atoms with Gasteiger partial charge in [-0.15, -0.1) is 11.3 Å². The Hall–Kier alpha value is -2.68. The second-order valence-electron chi connectivity index (χ2n) is 4.98. The molecule has 0 aliphatic heterocycles. The van der Waals surface area contributed by atoms with E-state index in [9.17, 15) is 10.4 Å². The number of likely N-dealkylation sites (N-methyl/N-ethyl adjacent to an activating group) is 1. The van der Waals surface area contributed by atoms with Crippen molar-refractivity contribution in [3.8, 4) is 6.07 Å². The lowest BCUT2D eigenvalue weighted by Crippen LogP contribution is -2.06. The molecule has 4 nitrogen and oxygen atoms in total. The summed E-state index contributed by atoms with van der Waals surface area (Å²) in [7, 11) is 1.80. The van der Waals surface area contributed by atoms with Gasteiger partial charge < -0.3 is 10.4 Å². The highest BCUT2D eigenvalue weighted by Crippen LogP contribution is 2.28. The number of aromatic nitrogens is 1. The smallest absolute Gasteiger partial charge is 0.143 e. The van der Waals surface area contributed by atoms with Crippen LogP contribution in [0.25, 0.3) is 11.1 Å². The minimum Gasteiger partial charge on any atom is -0.506 e. The molecule has 0 bridgehead atoms. The second kappa shape index (κ2) is 8.82. The van der Waals surface area contributed by atoms with Gasteiger partial charge in [0.05, 0.1) is 5.69 Å². The minimum atomic E-state index is -0.103. The van der Waals surface area contributed by atoms with E-state index in [1.54, 1.807) is 13.1 Å². The molecule has 0 unspecified atom stereocenters. The van der Waals surface area contributed by atoms with Crippen molar-refractivity contribution < 1.29 is 5.11 Å². The van der Waals surface area contributed by atoms with E-state index < -0.39 is 0 Å². The molecule has 5 heteroatoms. The van der Waals surface area contributed by atoms with Crippen LogP contribution < -0.4 is 5.32 Å². The fraction of sp³-hybridized carbons (Fsp3) is 0.158. The predicted octanol–water partition coefficient (Wildman–Crippen LogP) is 4.17. The molecule has 1 aromatic heterocycles. The average molecular weight is 337 g/mol. The average Bonchev–Trinajstić information content (AvgIpc) is 2.91. The minimum absolute atomic E-state index is 0.103. The lowest BCUT2D eigenvalue weighted by Gasteiger charge is -2.04. The number of aliphatic hydroxyl groups is 1. The summed E-state index contributed by atoms with van der Waals surface area (Å²) in [4.78, 5) is 4.51. The van der Waals surface area contributed by atoms with Crippen LogP contribution in [0.1, 0.15) is 17.1 Å². The van der Waals surface area contributed by atoms with Crippen molar-refractivity contribution in [2.75, 3.05) is 13.6 Å². The summed E-state index contributed by atoms with van der Waals surface area (Å²) in [5.41, 5.74) is 2.44. The number of rotatable bonds is 6. The molecule has 1 aliphatic rings. The van der Waals surface area contributed by atoms with E-state index >= 15 is 0 Å². The predicted molar refractivity (Wildman–Crippen MR) is 100 cm³/mol. The standard InChI is InChI=1S/C19H19N3OS/c1-3-14(10-11-21-2)18(23)16(12-20)19-22-17(13-24-19)15-8-6-4-5-7-9-15/h3-4,6-10,13,21,23H,1,5,11H2,2H3/b14-10+,18-16-. The molecule has 0 spiro atoms. The van der Waals surface area contributed by atoms with Crippen LogP contribution in [0, 0.1) is 11.3 Å². The van der Waals surface area contributed by atoms with Crippen LogP contribution in [0.2, 0.25) is 0 Å². The van der Waals surface area contributed by atoms with Crippen LogP contribution in [-0.2, 0) is 0 Å². The number of allylic oxidation sites excluding steroid dienone is 8. The number of nitrogens with one attached hydrogen (secondary N) is 1. The Balaban J connectivity index is 2.40. The van der Waals surface area contributed by atoms with Gasteiger partial charge in [-0.25, -0.2) is 4.98 Å². The molecule has 1 heterocycles. The fourth-order valence-electron chi connectivity index (χ4n) is 2.11. The molecule has 0 saturated carbocycles. The van der Waals surface area contributed by atoms with E-state index in [1.807, 2.05) is 23.6 Å². The van der Waals surface area contributed by atoms with Gasteiger partial charge in [-0.3, -0.25) is 0 Å². The van der Waals surface area contributed by atoms with Gasteiger partial charge in [0.1, 0.15) is 22.4 Å². The molecule has 1 aromatic rings. The SMILES string of the molecule is C=CC(=C\CNC)/C(O)=C(\C#N)c1nc(C2=CC=CCC=C2)cs1. The van der Waals surface area contributed by atoms with Gasteiger partial charge in [-0.05, 0) is 13.5 Å². The summed E-state index contributed by atoms with van der Waals surface area (Å²) >= 11 is 1.34. The van der Waals surface area contributed by atoms with Gasteiger partial charge in [0.25, 0.3) is 0 Å². The third-order valence-electron chi connectivity index (χ3n) is 3.36. The van der Waals surface area contributed by atoms with E-state index in [0.29, 0.717) is 17.1 Å². The highest BCUT2D eigenvalue weighted by Gasteiger charge is 2.15. The van der Waals surface area contributed by atoms with Gasteiger partial charge in [-0.2, -0.15) is 5.26 Å². The third kappa shape index (κ3) is 4.19. The molecule has 2 rings (SSSR count). The lowest BCUT2D eigenvalue weighted by atomic mass is 10.1. The number of nitriles is 1. The molecule has 0 amide bonds. The quantitative estimate of drug-likeness (QED) is 0.464. The van der Waals surface area contributed by atoms with Crippen molar-refractivity contribution in [2.45, 2.75) is 6.42 Å². The largest absolute Gasteiger partial charge is 0.506 e. The Bertz CT molecular complexity index is 801. The topological polar surface area (TPSA) is 68.9 Å². The maximum absolute atomic E-state index is 10.4. The Morgan fingerprint density at radius 3 is 3.08 bits per heavy atom. The van der Waals surface area contributed by atoms with Gasteiger partial charge in [-0.1, -0.05) is 49.1 Å². The summed E-state index contributed by atoms with van der Waals surface area (Å²) in [5.74, 6) is -0.103. The van der Waals surface area contributed by atoms with Crippen molar-refractivity contribution in [1.82, 2.24) is 10.3 Å². The van der Waals surface area contributed by atoms with Crippen molar-refractivity contribution >= 4 is 22.5 Å². The zero-order chi connectivity index (χ0) is 17.4. The fourth-order valence-corrected chi connectivity index (χ4v) is 2.93. The molecule has 24 heavy (non-hydrogen) atoms.